The second-order valence-corrected chi connectivity index (χ2v) is 8.12. The van der Waals surface area contributed by atoms with Crippen LogP contribution in [0.1, 0.15) is 17.5 Å². The topological polar surface area (TPSA) is 63.1 Å². The summed E-state index contributed by atoms with van der Waals surface area (Å²) in [6.45, 7) is 3.66. The maximum absolute atomic E-state index is 12.4. The van der Waals surface area contributed by atoms with Crippen LogP contribution in [0.4, 0.5) is 0 Å². The van der Waals surface area contributed by atoms with Crippen LogP contribution < -0.4 is 10.0 Å². The number of nitrogens with one attached hydrogen (secondary N) is 2. The molecule has 116 valence electrons. The molecule has 8 heteroatoms. The Hall–Kier alpha value is -0.670. The number of rotatable bonds is 7. The van der Waals surface area contributed by atoms with E-state index in [4.69, 9.17) is 0 Å². The van der Waals surface area contributed by atoms with Crippen molar-refractivity contribution in [3.05, 3.63) is 38.8 Å². The van der Waals surface area contributed by atoms with Gasteiger partial charge in [0.15, 0.2) is 0 Å². The second kappa shape index (κ2) is 7.06. The van der Waals surface area contributed by atoms with Gasteiger partial charge in [0.1, 0.15) is 0 Å². The highest BCUT2D eigenvalue weighted by atomic mass is 79.9. The first kappa shape index (κ1) is 16.7. The zero-order valence-corrected chi connectivity index (χ0v) is 15.1. The maximum Gasteiger partial charge on any atom is 0.242 e. The summed E-state index contributed by atoms with van der Waals surface area (Å²) in [5.74, 6) is 0. The van der Waals surface area contributed by atoms with Gasteiger partial charge in [-0.1, -0.05) is 0 Å². The average molecular weight is 392 g/mol. The molecule has 2 heterocycles. The molecular formula is C13H18BrN3O2S2. The van der Waals surface area contributed by atoms with Gasteiger partial charge in [0, 0.05) is 40.9 Å². The Balaban J connectivity index is 2.17. The van der Waals surface area contributed by atoms with Gasteiger partial charge in [0.2, 0.25) is 10.0 Å². The molecule has 0 aliphatic carbocycles. The van der Waals surface area contributed by atoms with E-state index in [-0.39, 0.29) is 0 Å². The minimum atomic E-state index is -3.50. The molecule has 5 nitrogen and oxygen atoms in total. The fraction of sp³-hybridized carbons (Fsp3) is 0.385. The molecule has 21 heavy (non-hydrogen) atoms. The summed E-state index contributed by atoms with van der Waals surface area (Å²) in [4.78, 5) is 1.27. The Morgan fingerprint density at radius 1 is 1.38 bits per heavy atom. The van der Waals surface area contributed by atoms with Crippen LogP contribution in [0.15, 0.2) is 33.1 Å². The van der Waals surface area contributed by atoms with Gasteiger partial charge in [-0.05, 0) is 47.4 Å². The van der Waals surface area contributed by atoms with Gasteiger partial charge in [0.05, 0.1) is 4.90 Å². The van der Waals surface area contributed by atoms with Crippen molar-refractivity contribution in [2.24, 2.45) is 0 Å². The lowest BCUT2D eigenvalue weighted by atomic mass is 10.4. The Kier molecular flexibility index (Phi) is 5.61. The van der Waals surface area contributed by atoms with Crippen LogP contribution in [0.3, 0.4) is 0 Å². The van der Waals surface area contributed by atoms with Crippen molar-refractivity contribution >= 4 is 37.3 Å². The van der Waals surface area contributed by atoms with E-state index in [0.717, 1.165) is 21.6 Å². The highest BCUT2D eigenvalue weighted by molar-refractivity contribution is 9.10. The number of nitrogens with zero attached hydrogens (tertiary/aromatic N) is 1. The first-order chi connectivity index (χ1) is 9.97. The molecule has 2 aromatic rings. The van der Waals surface area contributed by atoms with Crippen molar-refractivity contribution < 1.29 is 8.42 Å². The fourth-order valence-corrected chi connectivity index (χ4v) is 4.57. The quantitative estimate of drug-likeness (QED) is 0.761. The first-order valence-electron chi connectivity index (χ1n) is 6.53. The molecule has 0 aliphatic rings. The molecule has 0 radical (unpaired) electrons. The number of sulfonamides is 1. The van der Waals surface area contributed by atoms with Crippen molar-refractivity contribution in [1.29, 1.82) is 0 Å². The number of aryl methyl sites for hydroxylation is 1. The Labute approximate surface area is 137 Å². The molecule has 0 fully saturated rings. The van der Waals surface area contributed by atoms with Crippen molar-refractivity contribution in [1.82, 2.24) is 14.6 Å². The number of aromatic nitrogens is 1. The summed E-state index contributed by atoms with van der Waals surface area (Å²) < 4.78 is 30.2. The molecule has 0 spiro atoms. The summed E-state index contributed by atoms with van der Waals surface area (Å²) in [5.41, 5.74) is 0.956. The zero-order chi connectivity index (χ0) is 15.5. The molecule has 0 aromatic carbocycles. The average Bonchev–Trinajstić information content (AvgIpc) is 3.04. The van der Waals surface area contributed by atoms with Crippen LogP contribution in [-0.4, -0.2) is 20.0 Å². The molecule has 0 amide bonds. The van der Waals surface area contributed by atoms with E-state index >= 15 is 0 Å². The molecule has 0 bridgehead atoms. The van der Waals surface area contributed by atoms with Gasteiger partial charge in [0.25, 0.3) is 0 Å². The van der Waals surface area contributed by atoms with Crippen molar-refractivity contribution in [3.8, 4) is 0 Å². The van der Waals surface area contributed by atoms with Gasteiger partial charge >= 0.3 is 0 Å². The molecule has 2 aromatic heterocycles. The van der Waals surface area contributed by atoms with E-state index in [2.05, 4.69) is 26.0 Å². The van der Waals surface area contributed by atoms with E-state index < -0.39 is 10.0 Å². The molecule has 0 saturated carbocycles. The molecule has 2 rings (SSSR count). The monoisotopic (exact) mass is 391 g/mol. The Bertz CT molecular complexity index is 707. The van der Waals surface area contributed by atoms with Gasteiger partial charge in [-0.15, -0.1) is 11.3 Å². The molecule has 0 aliphatic heterocycles. The van der Waals surface area contributed by atoms with E-state index in [1.807, 2.05) is 30.0 Å². The number of hydrogen-bond acceptors (Lipinski definition) is 4. The first-order valence-corrected chi connectivity index (χ1v) is 9.68. The second-order valence-electron chi connectivity index (χ2n) is 4.50. The predicted octanol–water partition coefficient (Wildman–Crippen LogP) is 2.53. The number of hydrogen-bond donors (Lipinski definition) is 2. The fourth-order valence-electron chi connectivity index (χ4n) is 1.99. The minimum absolute atomic E-state index is 0.291. The molecule has 0 unspecified atom stereocenters. The molecule has 0 atom stereocenters. The lowest BCUT2D eigenvalue weighted by Gasteiger charge is -2.04. The Morgan fingerprint density at radius 2 is 2.14 bits per heavy atom. The van der Waals surface area contributed by atoms with Gasteiger partial charge < -0.3 is 9.88 Å². The van der Waals surface area contributed by atoms with Crippen LogP contribution in [0.5, 0.6) is 0 Å². The summed E-state index contributed by atoms with van der Waals surface area (Å²) in [5, 5.41) is 4.97. The Morgan fingerprint density at radius 3 is 2.71 bits per heavy atom. The maximum atomic E-state index is 12.4. The summed E-state index contributed by atoms with van der Waals surface area (Å²) in [6.07, 6.45) is 1.68. The highest BCUT2D eigenvalue weighted by Gasteiger charge is 2.18. The highest BCUT2D eigenvalue weighted by Crippen LogP contribution is 2.23. The summed E-state index contributed by atoms with van der Waals surface area (Å²) >= 11 is 4.92. The molecule has 0 saturated heterocycles. The minimum Gasteiger partial charge on any atom is -0.349 e. The van der Waals surface area contributed by atoms with Crippen molar-refractivity contribution in [3.63, 3.8) is 0 Å². The van der Waals surface area contributed by atoms with Gasteiger partial charge in [-0.3, -0.25) is 0 Å². The lowest BCUT2D eigenvalue weighted by molar-refractivity contribution is 0.581. The van der Waals surface area contributed by atoms with Crippen LogP contribution in [0.2, 0.25) is 0 Å². The van der Waals surface area contributed by atoms with Crippen LogP contribution >= 0.6 is 27.3 Å². The number of halogens is 1. The van der Waals surface area contributed by atoms with Crippen LogP contribution in [0, 0.1) is 0 Å². The van der Waals surface area contributed by atoms with Gasteiger partial charge in [-0.2, -0.15) is 0 Å². The van der Waals surface area contributed by atoms with Crippen LogP contribution in [0.25, 0.3) is 0 Å². The molecule has 2 N–H and O–H groups in total. The number of thiophene rings is 1. The SMILES string of the molecule is CCn1cc(S(=O)(=O)NCc2sccc2Br)cc1CNC. The zero-order valence-electron chi connectivity index (χ0n) is 11.9. The standard InChI is InChI=1S/C13H18BrN3O2S2/c1-3-17-9-11(6-10(17)7-15-2)21(18,19)16-8-13-12(14)4-5-20-13/h4-6,9,15-16H,3,7-8H2,1-2H3. The van der Waals surface area contributed by atoms with E-state index in [1.165, 1.54) is 11.3 Å². The third-order valence-electron chi connectivity index (χ3n) is 3.08. The largest absolute Gasteiger partial charge is 0.349 e. The lowest BCUT2D eigenvalue weighted by Crippen LogP contribution is -2.22. The summed E-state index contributed by atoms with van der Waals surface area (Å²) in [7, 11) is -1.65. The smallest absolute Gasteiger partial charge is 0.242 e. The van der Waals surface area contributed by atoms with E-state index in [1.54, 1.807) is 12.3 Å². The molecular weight excluding hydrogens is 374 g/mol. The van der Waals surface area contributed by atoms with E-state index in [9.17, 15) is 8.42 Å². The summed E-state index contributed by atoms with van der Waals surface area (Å²) in [6, 6.07) is 3.62. The van der Waals surface area contributed by atoms with E-state index in [0.29, 0.717) is 18.0 Å². The predicted molar refractivity (Wildman–Crippen MR) is 88.9 cm³/mol. The van der Waals surface area contributed by atoms with Crippen molar-refractivity contribution in [2.45, 2.75) is 31.5 Å². The van der Waals surface area contributed by atoms with Crippen molar-refractivity contribution in [2.75, 3.05) is 7.05 Å². The van der Waals surface area contributed by atoms with Gasteiger partial charge in [-0.25, -0.2) is 13.1 Å². The normalized spacial score (nSPS) is 12.0. The third-order valence-corrected chi connectivity index (χ3v) is 6.38. The van der Waals surface area contributed by atoms with Crippen LogP contribution in [-0.2, 0) is 29.7 Å². The third kappa shape index (κ3) is 3.95.